The van der Waals surface area contributed by atoms with Crippen molar-refractivity contribution >= 4 is 11.5 Å². The predicted octanol–water partition coefficient (Wildman–Crippen LogP) is 3.26. The third-order valence-corrected chi connectivity index (χ3v) is 4.33. The molecule has 0 spiro atoms. The molecular formula is C13H23N3S. The quantitative estimate of drug-likeness (QED) is 0.895. The lowest BCUT2D eigenvalue weighted by Crippen LogP contribution is -2.33. The third kappa shape index (κ3) is 3.26. The maximum absolute atomic E-state index is 4.27. The van der Waals surface area contributed by atoms with E-state index < -0.39 is 0 Å². The van der Waals surface area contributed by atoms with Crippen molar-refractivity contribution in [1.82, 2.24) is 14.9 Å². The second-order valence-corrected chi connectivity index (χ2v) is 6.15. The Hall–Kier alpha value is -0.480. The summed E-state index contributed by atoms with van der Waals surface area (Å²) in [6.07, 6.45) is 4.02. The van der Waals surface area contributed by atoms with Gasteiger partial charge in [0.25, 0.3) is 0 Å². The number of hydrogen-bond acceptors (Lipinski definition) is 4. The first-order valence-corrected chi connectivity index (χ1v) is 7.54. The zero-order valence-electron chi connectivity index (χ0n) is 11.0. The first-order chi connectivity index (χ1) is 8.20. The van der Waals surface area contributed by atoms with Gasteiger partial charge >= 0.3 is 0 Å². The number of aromatic nitrogens is 2. The molecule has 3 atom stereocenters. The van der Waals surface area contributed by atoms with Crippen molar-refractivity contribution in [2.45, 2.75) is 46.1 Å². The largest absolute Gasteiger partial charge is 0.309 e. The minimum Gasteiger partial charge on any atom is -0.309 e. The van der Waals surface area contributed by atoms with Gasteiger partial charge in [-0.3, -0.25) is 0 Å². The van der Waals surface area contributed by atoms with Crippen LogP contribution < -0.4 is 5.32 Å². The summed E-state index contributed by atoms with van der Waals surface area (Å²) in [6.45, 7) is 7.93. The van der Waals surface area contributed by atoms with E-state index in [0.717, 1.165) is 30.0 Å². The molecule has 1 aromatic heterocycles. The van der Waals surface area contributed by atoms with Crippen molar-refractivity contribution in [3.8, 4) is 0 Å². The van der Waals surface area contributed by atoms with Crippen LogP contribution in [0.25, 0.3) is 0 Å². The Morgan fingerprint density at radius 2 is 2.06 bits per heavy atom. The molecule has 3 unspecified atom stereocenters. The van der Waals surface area contributed by atoms with Gasteiger partial charge in [0.2, 0.25) is 0 Å². The molecule has 0 aromatic carbocycles. The lowest BCUT2D eigenvalue weighted by molar-refractivity contribution is 0.175. The average Bonchev–Trinajstić information content (AvgIpc) is 2.77. The number of nitrogens with one attached hydrogen (secondary N) is 1. The Morgan fingerprint density at radius 3 is 2.59 bits per heavy atom. The number of hydrogen-bond donors (Lipinski definition) is 1. The van der Waals surface area contributed by atoms with Crippen molar-refractivity contribution in [2.75, 3.05) is 6.54 Å². The van der Waals surface area contributed by atoms with Gasteiger partial charge in [-0.15, -0.1) is 5.10 Å². The van der Waals surface area contributed by atoms with Crippen LogP contribution in [0.1, 0.15) is 51.8 Å². The van der Waals surface area contributed by atoms with E-state index >= 15 is 0 Å². The molecular weight excluding hydrogens is 230 g/mol. The molecule has 1 aliphatic carbocycles. The molecule has 1 N–H and O–H groups in total. The van der Waals surface area contributed by atoms with Crippen LogP contribution in [-0.4, -0.2) is 16.1 Å². The van der Waals surface area contributed by atoms with Gasteiger partial charge in [-0.2, -0.15) is 0 Å². The van der Waals surface area contributed by atoms with E-state index in [1.807, 2.05) is 0 Å². The van der Waals surface area contributed by atoms with E-state index in [0.29, 0.717) is 6.04 Å². The van der Waals surface area contributed by atoms with Crippen LogP contribution in [0, 0.1) is 17.8 Å². The normalized spacial score (nSPS) is 31.4. The highest BCUT2D eigenvalue weighted by molar-refractivity contribution is 7.03. The third-order valence-electron chi connectivity index (χ3n) is 3.81. The maximum Gasteiger partial charge on any atom is 0.0927 e. The zero-order valence-corrected chi connectivity index (χ0v) is 11.8. The predicted molar refractivity (Wildman–Crippen MR) is 72.0 cm³/mol. The van der Waals surface area contributed by atoms with Gasteiger partial charge in [-0.05, 0) is 55.1 Å². The van der Waals surface area contributed by atoms with Gasteiger partial charge in [-0.25, -0.2) is 0 Å². The molecule has 1 aromatic rings. The fourth-order valence-electron chi connectivity index (χ4n) is 3.32. The molecule has 4 heteroatoms. The Morgan fingerprint density at radius 1 is 1.35 bits per heavy atom. The molecule has 0 aliphatic heterocycles. The lowest BCUT2D eigenvalue weighted by atomic mass is 9.73. The molecule has 0 radical (unpaired) electrons. The first-order valence-electron chi connectivity index (χ1n) is 6.71. The van der Waals surface area contributed by atoms with Gasteiger partial charge in [0.05, 0.1) is 11.7 Å². The Labute approximate surface area is 108 Å². The van der Waals surface area contributed by atoms with Crippen molar-refractivity contribution in [3.63, 3.8) is 0 Å². The number of nitrogens with zero attached hydrogens (tertiary/aromatic N) is 2. The van der Waals surface area contributed by atoms with E-state index in [1.165, 1.54) is 30.8 Å². The summed E-state index contributed by atoms with van der Waals surface area (Å²) in [6, 6.07) is 0.406. The van der Waals surface area contributed by atoms with Crippen LogP contribution in [-0.2, 0) is 0 Å². The van der Waals surface area contributed by atoms with E-state index in [4.69, 9.17) is 0 Å². The van der Waals surface area contributed by atoms with E-state index in [2.05, 4.69) is 41.1 Å². The van der Waals surface area contributed by atoms with Crippen molar-refractivity contribution in [2.24, 2.45) is 17.8 Å². The molecule has 96 valence electrons. The summed E-state index contributed by atoms with van der Waals surface area (Å²) in [4.78, 5) is 0. The van der Waals surface area contributed by atoms with Crippen LogP contribution in [0.5, 0.6) is 0 Å². The molecule has 1 fully saturated rings. The highest BCUT2D eigenvalue weighted by atomic mass is 32.1. The zero-order chi connectivity index (χ0) is 12.3. The van der Waals surface area contributed by atoms with Gasteiger partial charge in [0.1, 0.15) is 0 Å². The van der Waals surface area contributed by atoms with Crippen molar-refractivity contribution in [1.29, 1.82) is 0 Å². The van der Waals surface area contributed by atoms with Crippen molar-refractivity contribution in [3.05, 3.63) is 11.1 Å². The smallest absolute Gasteiger partial charge is 0.0927 e. The molecule has 2 rings (SSSR count). The van der Waals surface area contributed by atoms with Crippen LogP contribution in [0.3, 0.4) is 0 Å². The number of rotatable bonds is 4. The topological polar surface area (TPSA) is 37.8 Å². The van der Waals surface area contributed by atoms with Crippen LogP contribution in [0.4, 0.5) is 0 Å². The summed E-state index contributed by atoms with van der Waals surface area (Å²) in [5, 5.41) is 9.96. The van der Waals surface area contributed by atoms with Gasteiger partial charge < -0.3 is 5.32 Å². The highest BCUT2D eigenvalue weighted by Crippen LogP contribution is 2.39. The van der Waals surface area contributed by atoms with Gasteiger partial charge in [0, 0.05) is 5.38 Å². The standard InChI is InChI=1S/C13H23N3S/c1-4-14-13(12-8-17-16-15-12)11-6-9(2)5-10(3)7-11/h8-11,13-14H,4-7H2,1-3H3. The summed E-state index contributed by atoms with van der Waals surface area (Å²) >= 11 is 1.46. The van der Waals surface area contributed by atoms with Crippen LogP contribution in [0.2, 0.25) is 0 Å². The first kappa shape index (κ1) is 13.0. The molecule has 1 heterocycles. The minimum atomic E-state index is 0.406. The molecule has 0 saturated heterocycles. The summed E-state index contributed by atoms with van der Waals surface area (Å²) in [5.74, 6) is 2.41. The Balaban J connectivity index is 2.10. The highest BCUT2D eigenvalue weighted by Gasteiger charge is 2.31. The molecule has 1 aliphatic rings. The SMILES string of the molecule is CCNC(c1csnn1)C1CC(C)CC(C)C1. The summed E-state index contributed by atoms with van der Waals surface area (Å²) < 4.78 is 4.01. The fourth-order valence-corrected chi connectivity index (χ4v) is 3.81. The van der Waals surface area contributed by atoms with Crippen molar-refractivity contribution < 1.29 is 0 Å². The van der Waals surface area contributed by atoms with E-state index in [-0.39, 0.29) is 0 Å². The van der Waals surface area contributed by atoms with Gasteiger partial charge in [0.15, 0.2) is 0 Å². The monoisotopic (exact) mass is 253 g/mol. The molecule has 17 heavy (non-hydrogen) atoms. The molecule has 3 nitrogen and oxygen atoms in total. The second kappa shape index (κ2) is 5.91. The summed E-state index contributed by atoms with van der Waals surface area (Å²) in [7, 11) is 0. The molecule has 0 amide bonds. The second-order valence-electron chi connectivity index (χ2n) is 5.54. The van der Waals surface area contributed by atoms with Crippen LogP contribution >= 0.6 is 11.5 Å². The average molecular weight is 253 g/mol. The maximum atomic E-state index is 4.27. The summed E-state index contributed by atoms with van der Waals surface area (Å²) in [5.41, 5.74) is 1.14. The molecule has 0 bridgehead atoms. The van der Waals surface area contributed by atoms with Crippen LogP contribution in [0.15, 0.2) is 5.38 Å². The Bertz CT molecular complexity index is 315. The van der Waals surface area contributed by atoms with E-state index in [1.54, 1.807) is 0 Å². The molecule has 1 saturated carbocycles. The lowest BCUT2D eigenvalue weighted by Gasteiger charge is -2.36. The van der Waals surface area contributed by atoms with Gasteiger partial charge in [-0.1, -0.05) is 25.3 Å². The minimum absolute atomic E-state index is 0.406. The Kier molecular flexibility index (Phi) is 4.51. The van der Waals surface area contributed by atoms with E-state index in [9.17, 15) is 0 Å². The fraction of sp³-hybridized carbons (Fsp3) is 0.846.